The smallest absolute Gasteiger partial charge is 0.184 e. The Balaban J connectivity index is 2.09. The van der Waals surface area contributed by atoms with Crippen LogP contribution >= 0.6 is 0 Å². The number of hydrogen-bond acceptors (Lipinski definition) is 3. The number of ether oxygens (including phenoxy) is 2. The molecule has 0 radical (unpaired) electrons. The highest BCUT2D eigenvalue weighted by molar-refractivity contribution is 5.23. The maximum Gasteiger partial charge on any atom is 0.184 e. The summed E-state index contributed by atoms with van der Waals surface area (Å²) in [5, 5.41) is 8.87. The molecule has 0 amide bonds. The van der Waals surface area contributed by atoms with Crippen molar-refractivity contribution < 1.29 is 14.6 Å². The minimum absolute atomic E-state index is 0.0725. The number of aliphatic hydroxyl groups is 1. The molecule has 0 bridgehead atoms. The van der Waals surface area contributed by atoms with E-state index in [1.165, 1.54) is 0 Å². The third-order valence-corrected chi connectivity index (χ3v) is 2.27. The van der Waals surface area contributed by atoms with Gasteiger partial charge in [-0.15, -0.1) is 0 Å². The second-order valence-electron chi connectivity index (χ2n) is 3.51. The first kappa shape index (κ1) is 9.65. The first-order valence-corrected chi connectivity index (χ1v) is 4.76. The largest absolute Gasteiger partial charge is 0.392 e. The highest BCUT2D eigenvalue weighted by Crippen LogP contribution is 2.26. The van der Waals surface area contributed by atoms with Crippen molar-refractivity contribution in [2.24, 2.45) is 0 Å². The maximum atomic E-state index is 8.87. The van der Waals surface area contributed by atoms with E-state index in [0.29, 0.717) is 6.61 Å². The summed E-state index contributed by atoms with van der Waals surface area (Å²) in [6.45, 7) is 2.71. The fraction of sp³-hybridized carbons (Fsp3) is 0.455. The van der Waals surface area contributed by atoms with E-state index in [4.69, 9.17) is 14.6 Å². The Morgan fingerprint density at radius 2 is 2.07 bits per heavy atom. The molecule has 0 aromatic heterocycles. The quantitative estimate of drug-likeness (QED) is 0.777. The maximum absolute atomic E-state index is 8.87. The molecule has 3 heteroatoms. The summed E-state index contributed by atoms with van der Waals surface area (Å²) >= 11 is 0. The number of benzene rings is 1. The Bertz CT molecular complexity index is 294. The Morgan fingerprint density at radius 3 is 2.57 bits per heavy atom. The SMILES string of the molecule is CC1COC(c2ccc(CO)cc2)O1. The number of rotatable bonds is 2. The zero-order chi connectivity index (χ0) is 9.97. The summed E-state index contributed by atoms with van der Waals surface area (Å²) in [5.74, 6) is 0. The zero-order valence-corrected chi connectivity index (χ0v) is 8.14. The normalized spacial score (nSPS) is 26.7. The van der Waals surface area contributed by atoms with Gasteiger partial charge in [0.05, 0.1) is 19.3 Å². The lowest BCUT2D eigenvalue weighted by atomic mass is 10.1. The third kappa shape index (κ3) is 1.95. The van der Waals surface area contributed by atoms with Gasteiger partial charge in [-0.2, -0.15) is 0 Å². The van der Waals surface area contributed by atoms with E-state index in [9.17, 15) is 0 Å². The van der Waals surface area contributed by atoms with Gasteiger partial charge in [0.1, 0.15) is 0 Å². The molecule has 1 aliphatic heterocycles. The Hall–Kier alpha value is -0.900. The summed E-state index contributed by atoms with van der Waals surface area (Å²) < 4.78 is 11.0. The number of aliphatic hydroxyl groups excluding tert-OH is 1. The molecular formula is C11H14O3. The van der Waals surface area contributed by atoms with Crippen molar-refractivity contribution in [1.82, 2.24) is 0 Å². The van der Waals surface area contributed by atoms with Crippen LogP contribution < -0.4 is 0 Å². The summed E-state index contributed by atoms with van der Waals surface area (Å²) in [4.78, 5) is 0. The molecule has 1 aliphatic rings. The Morgan fingerprint density at radius 1 is 1.36 bits per heavy atom. The van der Waals surface area contributed by atoms with E-state index in [0.717, 1.165) is 11.1 Å². The van der Waals surface area contributed by atoms with Crippen molar-refractivity contribution in [3.8, 4) is 0 Å². The van der Waals surface area contributed by atoms with Crippen molar-refractivity contribution in [2.45, 2.75) is 25.9 Å². The average molecular weight is 194 g/mol. The first-order chi connectivity index (χ1) is 6.79. The van der Waals surface area contributed by atoms with Gasteiger partial charge in [-0.3, -0.25) is 0 Å². The van der Waals surface area contributed by atoms with Gasteiger partial charge >= 0.3 is 0 Å². The van der Waals surface area contributed by atoms with Crippen LogP contribution in [0.2, 0.25) is 0 Å². The molecule has 2 rings (SSSR count). The van der Waals surface area contributed by atoms with Crippen molar-refractivity contribution >= 4 is 0 Å². The molecular weight excluding hydrogens is 180 g/mol. The summed E-state index contributed by atoms with van der Waals surface area (Å²) in [6.07, 6.45) is -0.0738. The fourth-order valence-electron chi connectivity index (χ4n) is 1.47. The molecule has 2 unspecified atom stereocenters. The standard InChI is InChI=1S/C11H14O3/c1-8-7-13-11(14-8)10-4-2-9(6-12)3-5-10/h2-5,8,11-12H,6-7H2,1H3. The lowest BCUT2D eigenvalue weighted by Crippen LogP contribution is -2.02. The van der Waals surface area contributed by atoms with Crippen LogP contribution in [0.5, 0.6) is 0 Å². The predicted octanol–water partition coefficient (Wildman–Crippen LogP) is 1.61. The molecule has 1 N–H and O–H groups in total. The fourth-order valence-corrected chi connectivity index (χ4v) is 1.47. The van der Waals surface area contributed by atoms with Gasteiger partial charge in [-0.05, 0) is 12.5 Å². The molecule has 3 nitrogen and oxygen atoms in total. The highest BCUT2D eigenvalue weighted by atomic mass is 16.7. The monoisotopic (exact) mass is 194 g/mol. The lowest BCUT2D eigenvalue weighted by molar-refractivity contribution is -0.0572. The third-order valence-electron chi connectivity index (χ3n) is 2.27. The second-order valence-corrected chi connectivity index (χ2v) is 3.51. The molecule has 0 saturated carbocycles. The molecule has 1 aromatic rings. The molecule has 1 saturated heterocycles. The van der Waals surface area contributed by atoms with E-state index in [1.54, 1.807) is 0 Å². The van der Waals surface area contributed by atoms with Crippen LogP contribution in [0.4, 0.5) is 0 Å². The van der Waals surface area contributed by atoms with E-state index in [-0.39, 0.29) is 19.0 Å². The lowest BCUT2D eigenvalue weighted by Gasteiger charge is -2.10. The van der Waals surface area contributed by atoms with Gasteiger partial charge in [0.2, 0.25) is 0 Å². The summed E-state index contributed by atoms with van der Waals surface area (Å²) in [7, 11) is 0. The van der Waals surface area contributed by atoms with Gasteiger partial charge < -0.3 is 14.6 Å². The van der Waals surface area contributed by atoms with Gasteiger partial charge in [-0.25, -0.2) is 0 Å². The highest BCUT2D eigenvalue weighted by Gasteiger charge is 2.23. The van der Waals surface area contributed by atoms with Crippen LogP contribution in [0, 0.1) is 0 Å². The molecule has 14 heavy (non-hydrogen) atoms. The van der Waals surface area contributed by atoms with Crippen LogP contribution in [0.15, 0.2) is 24.3 Å². The van der Waals surface area contributed by atoms with Crippen molar-refractivity contribution in [2.75, 3.05) is 6.61 Å². The van der Waals surface area contributed by atoms with Crippen molar-refractivity contribution in [3.05, 3.63) is 35.4 Å². The van der Waals surface area contributed by atoms with Crippen molar-refractivity contribution in [1.29, 1.82) is 0 Å². The van der Waals surface area contributed by atoms with E-state index in [1.807, 2.05) is 31.2 Å². The molecule has 2 atom stereocenters. The van der Waals surface area contributed by atoms with Gasteiger partial charge in [0.15, 0.2) is 6.29 Å². The molecule has 0 spiro atoms. The van der Waals surface area contributed by atoms with Gasteiger partial charge in [0.25, 0.3) is 0 Å². The Kier molecular flexibility index (Phi) is 2.82. The van der Waals surface area contributed by atoms with Crippen molar-refractivity contribution in [3.63, 3.8) is 0 Å². The van der Waals surface area contributed by atoms with Crippen LogP contribution in [0.25, 0.3) is 0 Å². The zero-order valence-electron chi connectivity index (χ0n) is 8.14. The minimum atomic E-state index is -0.238. The Labute approximate surface area is 83.3 Å². The van der Waals surface area contributed by atoms with Crippen LogP contribution in [-0.2, 0) is 16.1 Å². The van der Waals surface area contributed by atoms with Gasteiger partial charge in [-0.1, -0.05) is 24.3 Å². The second kappa shape index (κ2) is 4.09. The van der Waals surface area contributed by atoms with E-state index in [2.05, 4.69) is 0 Å². The molecule has 0 aliphatic carbocycles. The average Bonchev–Trinajstić information content (AvgIpc) is 2.65. The van der Waals surface area contributed by atoms with Crippen LogP contribution in [0.3, 0.4) is 0 Å². The minimum Gasteiger partial charge on any atom is -0.392 e. The van der Waals surface area contributed by atoms with E-state index < -0.39 is 0 Å². The van der Waals surface area contributed by atoms with Gasteiger partial charge in [0, 0.05) is 5.56 Å². The molecule has 76 valence electrons. The molecule has 1 aromatic carbocycles. The van der Waals surface area contributed by atoms with Crippen LogP contribution in [-0.4, -0.2) is 17.8 Å². The predicted molar refractivity (Wildman–Crippen MR) is 51.6 cm³/mol. The first-order valence-electron chi connectivity index (χ1n) is 4.76. The van der Waals surface area contributed by atoms with Crippen LogP contribution in [0.1, 0.15) is 24.3 Å². The summed E-state index contributed by atoms with van der Waals surface area (Å²) in [6, 6.07) is 7.61. The van der Waals surface area contributed by atoms with E-state index >= 15 is 0 Å². The number of hydrogen-bond donors (Lipinski definition) is 1. The summed E-state index contributed by atoms with van der Waals surface area (Å²) in [5.41, 5.74) is 1.91. The molecule has 1 heterocycles. The molecule has 1 fully saturated rings. The topological polar surface area (TPSA) is 38.7 Å².